The highest BCUT2D eigenvalue weighted by atomic mass is 32.2. The molecule has 0 aliphatic carbocycles. The van der Waals surface area contributed by atoms with E-state index >= 15 is 0 Å². The van der Waals surface area contributed by atoms with Gasteiger partial charge in [-0.1, -0.05) is 6.07 Å². The summed E-state index contributed by atoms with van der Waals surface area (Å²) in [4.78, 5) is 11.8. The molecule has 1 saturated heterocycles. The zero-order valence-electron chi connectivity index (χ0n) is 9.22. The van der Waals surface area contributed by atoms with Gasteiger partial charge in [0.25, 0.3) is 5.91 Å². The fraction of sp³-hybridized carbons (Fsp3) is 0.364. The van der Waals surface area contributed by atoms with Crippen molar-refractivity contribution in [2.45, 2.75) is 12.5 Å². The number of amides is 1. The summed E-state index contributed by atoms with van der Waals surface area (Å²) in [5, 5.41) is 2.70. The Hall–Kier alpha value is -1.56. The molecule has 2 rings (SSSR count). The number of nitrogens with two attached hydrogens (primary N) is 1. The molecule has 1 aromatic rings. The summed E-state index contributed by atoms with van der Waals surface area (Å²) in [7, 11) is -2.97. The number of carbonyl (C=O) groups is 1. The third-order valence-electron chi connectivity index (χ3n) is 2.72. The van der Waals surface area contributed by atoms with Crippen LogP contribution < -0.4 is 11.1 Å². The summed E-state index contributed by atoms with van der Waals surface area (Å²) in [6.45, 7) is 0. The Kier molecular flexibility index (Phi) is 3.06. The van der Waals surface area contributed by atoms with Crippen molar-refractivity contribution in [3.63, 3.8) is 0 Å². The van der Waals surface area contributed by atoms with Crippen LogP contribution >= 0.6 is 0 Å². The number of rotatable bonds is 2. The maximum atomic E-state index is 11.8. The minimum atomic E-state index is -2.97. The highest BCUT2D eigenvalue weighted by Gasteiger charge is 2.29. The van der Waals surface area contributed by atoms with Gasteiger partial charge in [0.15, 0.2) is 9.84 Å². The predicted octanol–water partition coefficient (Wildman–Crippen LogP) is 0.186. The molecule has 1 aromatic carbocycles. The molecule has 17 heavy (non-hydrogen) atoms. The Balaban J connectivity index is 2.03. The second kappa shape index (κ2) is 4.37. The quantitative estimate of drug-likeness (QED) is 0.737. The Morgan fingerprint density at radius 2 is 2.18 bits per heavy atom. The Labute approximate surface area is 99.9 Å². The molecule has 0 saturated carbocycles. The highest BCUT2D eigenvalue weighted by Crippen LogP contribution is 2.13. The number of carbonyl (C=O) groups excluding carboxylic acids is 1. The van der Waals surface area contributed by atoms with E-state index in [-0.39, 0.29) is 23.5 Å². The van der Waals surface area contributed by atoms with Crippen LogP contribution in [0.2, 0.25) is 0 Å². The molecule has 1 heterocycles. The Morgan fingerprint density at radius 3 is 2.76 bits per heavy atom. The number of anilines is 1. The van der Waals surface area contributed by atoms with Gasteiger partial charge in [0.2, 0.25) is 0 Å². The molecular weight excluding hydrogens is 240 g/mol. The maximum Gasteiger partial charge on any atom is 0.251 e. The number of hydrogen-bond acceptors (Lipinski definition) is 4. The topological polar surface area (TPSA) is 89.3 Å². The van der Waals surface area contributed by atoms with E-state index in [1.807, 2.05) is 0 Å². The van der Waals surface area contributed by atoms with Gasteiger partial charge in [-0.25, -0.2) is 8.42 Å². The Morgan fingerprint density at radius 1 is 1.41 bits per heavy atom. The van der Waals surface area contributed by atoms with Gasteiger partial charge in [-0.05, 0) is 24.6 Å². The van der Waals surface area contributed by atoms with Crippen LogP contribution in [0.1, 0.15) is 16.8 Å². The van der Waals surface area contributed by atoms with Crippen molar-refractivity contribution in [2.75, 3.05) is 17.2 Å². The first-order valence-corrected chi connectivity index (χ1v) is 7.15. The molecule has 1 fully saturated rings. The SMILES string of the molecule is Nc1cccc(C(=O)NC2CCS(=O)(=O)C2)c1. The van der Waals surface area contributed by atoms with Crippen molar-refractivity contribution >= 4 is 21.4 Å². The Bertz CT molecular complexity index is 539. The van der Waals surface area contributed by atoms with E-state index in [9.17, 15) is 13.2 Å². The van der Waals surface area contributed by atoms with Crippen LogP contribution in [-0.4, -0.2) is 31.9 Å². The maximum absolute atomic E-state index is 11.8. The molecule has 1 atom stereocenters. The molecule has 5 nitrogen and oxygen atoms in total. The molecule has 92 valence electrons. The zero-order chi connectivity index (χ0) is 12.5. The first kappa shape index (κ1) is 11.9. The van der Waals surface area contributed by atoms with E-state index in [1.165, 1.54) is 0 Å². The van der Waals surface area contributed by atoms with E-state index in [1.54, 1.807) is 24.3 Å². The van der Waals surface area contributed by atoms with Gasteiger partial charge >= 0.3 is 0 Å². The number of nitrogen functional groups attached to an aromatic ring is 1. The molecule has 6 heteroatoms. The number of sulfone groups is 1. The second-order valence-electron chi connectivity index (χ2n) is 4.20. The van der Waals surface area contributed by atoms with E-state index in [4.69, 9.17) is 5.73 Å². The lowest BCUT2D eigenvalue weighted by Crippen LogP contribution is -2.35. The van der Waals surface area contributed by atoms with Gasteiger partial charge in [0.1, 0.15) is 0 Å². The minimum absolute atomic E-state index is 0.0288. The summed E-state index contributed by atoms with van der Waals surface area (Å²) in [6.07, 6.45) is 0.483. The molecule has 1 amide bonds. The van der Waals surface area contributed by atoms with Gasteiger partial charge in [-0.2, -0.15) is 0 Å². The number of hydrogen-bond donors (Lipinski definition) is 2. The normalized spacial score (nSPS) is 22.2. The van der Waals surface area contributed by atoms with Crippen LogP contribution in [0.25, 0.3) is 0 Å². The molecule has 1 unspecified atom stereocenters. The molecule has 0 radical (unpaired) electrons. The van der Waals surface area contributed by atoms with Crippen LogP contribution in [0.3, 0.4) is 0 Å². The van der Waals surface area contributed by atoms with Crippen LogP contribution in [0.5, 0.6) is 0 Å². The largest absolute Gasteiger partial charge is 0.399 e. The summed E-state index contributed by atoms with van der Waals surface area (Å²) in [5.41, 5.74) is 6.54. The van der Waals surface area contributed by atoms with E-state index in [0.29, 0.717) is 17.7 Å². The predicted molar refractivity (Wildman–Crippen MR) is 65.4 cm³/mol. The zero-order valence-corrected chi connectivity index (χ0v) is 10.0. The lowest BCUT2D eigenvalue weighted by molar-refractivity contribution is 0.0941. The molecule has 0 bridgehead atoms. The average Bonchev–Trinajstić information content (AvgIpc) is 2.58. The first-order valence-electron chi connectivity index (χ1n) is 5.33. The molecular formula is C11H14N2O3S. The van der Waals surface area contributed by atoms with Gasteiger partial charge in [-0.15, -0.1) is 0 Å². The van der Waals surface area contributed by atoms with Crippen molar-refractivity contribution in [1.29, 1.82) is 0 Å². The second-order valence-corrected chi connectivity index (χ2v) is 6.43. The van der Waals surface area contributed by atoms with Crippen LogP contribution in [0, 0.1) is 0 Å². The fourth-order valence-corrected chi connectivity index (χ4v) is 3.53. The van der Waals surface area contributed by atoms with Crippen molar-refractivity contribution in [3.05, 3.63) is 29.8 Å². The monoisotopic (exact) mass is 254 g/mol. The van der Waals surface area contributed by atoms with Gasteiger partial charge in [-0.3, -0.25) is 4.79 Å². The molecule has 0 aromatic heterocycles. The molecule has 1 aliphatic heterocycles. The molecule has 0 spiro atoms. The minimum Gasteiger partial charge on any atom is -0.399 e. The van der Waals surface area contributed by atoms with Crippen molar-refractivity contribution < 1.29 is 13.2 Å². The summed E-state index contributed by atoms with van der Waals surface area (Å²) < 4.78 is 22.5. The smallest absolute Gasteiger partial charge is 0.251 e. The van der Waals surface area contributed by atoms with E-state index in [0.717, 1.165) is 0 Å². The van der Waals surface area contributed by atoms with E-state index in [2.05, 4.69) is 5.32 Å². The van der Waals surface area contributed by atoms with Crippen LogP contribution in [-0.2, 0) is 9.84 Å². The third-order valence-corrected chi connectivity index (χ3v) is 4.48. The first-order chi connectivity index (χ1) is 7.96. The summed E-state index contributed by atoms with van der Waals surface area (Å²) in [6, 6.07) is 6.31. The number of benzene rings is 1. The summed E-state index contributed by atoms with van der Waals surface area (Å²) in [5.74, 6) is -0.102. The summed E-state index contributed by atoms with van der Waals surface area (Å²) >= 11 is 0. The number of nitrogens with one attached hydrogen (secondary N) is 1. The van der Waals surface area contributed by atoms with Crippen LogP contribution in [0.4, 0.5) is 5.69 Å². The lowest BCUT2D eigenvalue weighted by Gasteiger charge is -2.10. The van der Waals surface area contributed by atoms with Gasteiger partial charge in [0, 0.05) is 17.3 Å². The highest BCUT2D eigenvalue weighted by molar-refractivity contribution is 7.91. The standard InChI is InChI=1S/C11H14N2O3S/c12-9-3-1-2-8(6-9)11(14)13-10-4-5-17(15,16)7-10/h1-3,6,10H,4-5,7,12H2,(H,13,14). The fourth-order valence-electron chi connectivity index (χ4n) is 1.86. The van der Waals surface area contributed by atoms with E-state index < -0.39 is 9.84 Å². The molecule has 1 aliphatic rings. The van der Waals surface area contributed by atoms with Gasteiger partial charge in [0.05, 0.1) is 11.5 Å². The third kappa shape index (κ3) is 2.97. The lowest BCUT2D eigenvalue weighted by atomic mass is 10.1. The van der Waals surface area contributed by atoms with Gasteiger partial charge < -0.3 is 11.1 Å². The van der Waals surface area contributed by atoms with Crippen molar-refractivity contribution in [1.82, 2.24) is 5.32 Å². The van der Waals surface area contributed by atoms with Crippen molar-refractivity contribution in [3.8, 4) is 0 Å². The average molecular weight is 254 g/mol. The van der Waals surface area contributed by atoms with Crippen LogP contribution in [0.15, 0.2) is 24.3 Å². The van der Waals surface area contributed by atoms with Crippen molar-refractivity contribution in [2.24, 2.45) is 0 Å². The molecule has 3 N–H and O–H groups in total.